The number of hydrogen-bond donors (Lipinski definition) is 1. The Balaban J connectivity index is 2.01. The first-order chi connectivity index (χ1) is 11.5. The molecular formula is C18H22N2O4. The molecule has 0 unspecified atom stereocenters. The van der Waals surface area contributed by atoms with Gasteiger partial charge in [-0.15, -0.1) is 0 Å². The standard InChI is InChI=1S/C18H22N2O4/c1-5-13-9-7-8-11(3)17(13)19-15(21)10-23-18(22)16-12(4)24-20-14(16)6-2/h7-9H,5-6,10H2,1-4H3,(H,19,21). The summed E-state index contributed by atoms with van der Waals surface area (Å²) in [5, 5.41) is 6.63. The van der Waals surface area contributed by atoms with E-state index >= 15 is 0 Å². The van der Waals surface area contributed by atoms with E-state index in [2.05, 4.69) is 10.5 Å². The summed E-state index contributed by atoms with van der Waals surface area (Å²) in [7, 11) is 0. The molecule has 0 atom stereocenters. The zero-order valence-corrected chi connectivity index (χ0v) is 14.4. The molecule has 2 aromatic rings. The van der Waals surface area contributed by atoms with Gasteiger partial charge >= 0.3 is 5.97 Å². The molecule has 1 amide bonds. The molecular weight excluding hydrogens is 308 g/mol. The van der Waals surface area contributed by atoms with Crippen LogP contribution in [0.15, 0.2) is 22.7 Å². The highest BCUT2D eigenvalue weighted by Crippen LogP contribution is 2.21. The van der Waals surface area contributed by atoms with Gasteiger partial charge in [0.05, 0.1) is 5.69 Å². The molecule has 0 bridgehead atoms. The summed E-state index contributed by atoms with van der Waals surface area (Å²) < 4.78 is 10.1. The van der Waals surface area contributed by atoms with E-state index in [1.165, 1.54) is 0 Å². The van der Waals surface area contributed by atoms with Crippen LogP contribution in [-0.4, -0.2) is 23.6 Å². The molecule has 2 rings (SSSR count). The van der Waals surface area contributed by atoms with E-state index in [1.54, 1.807) is 6.92 Å². The molecule has 6 heteroatoms. The average molecular weight is 330 g/mol. The van der Waals surface area contributed by atoms with Crippen LogP contribution in [0, 0.1) is 13.8 Å². The van der Waals surface area contributed by atoms with Crippen molar-refractivity contribution in [2.75, 3.05) is 11.9 Å². The monoisotopic (exact) mass is 330 g/mol. The summed E-state index contributed by atoms with van der Waals surface area (Å²) in [6.45, 7) is 7.10. The predicted octanol–water partition coefficient (Wildman–Crippen LogP) is 3.21. The van der Waals surface area contributed by atoms with Crippen molar-refractivity contribution in [3.05, 3.63) is 46.3 Å². The number of nitrogens with one attached hydrogen (secondary N) is 1. The van der Waals surface area contributed by atoms with Gasteiger partial charge in [-0.3, -0.25) is 4.79 Å². The number of carbonyl (C=O) groups is 2. The molecule has 0 aliphatic carbocycles. The lowest BCUT2D eigenvalue weighted by atomic mass is 10.1. The van der Waals surface area contributed by atoms with E-state index in [1.807, 2.05) is 39.0 Å². The molecule has 0 aliphatic rings. The minimum absolute atomic E-state index is 0.301. The maximum Gasteiger partial charge on any atom is 0.344 e. The van der Waals surface area contributed by atoms with Crippen LogP contribution < -0.4 is 5.32 Å². The Kier molecular flexibility index (Phi) is 5.73. The first-order valence-electron chi connectivity index (χ1n) is 7.98. The Morgan fingerprint density at radius 1 is 1.21 bits per heavy atom. The second-order valence-corrected chi connectivity index (χ2v) is 5.50. The highest BCUT2D eigenvalue weighted by Gasteiger charge is 2.21. The normalized spacial score (nSPS) is 10.5. The van der Waals surface area contributed by atoms with Gasteiger partial charge in [0.2, 0.25) is 0 Å². The summed E-state index contributed by atoms with van der Waals surface area (Å²) in [6, 6.07) is 5.84. The molecule has 0 radical (unpaired) electrons. The van der Waals surface area contributed by atoms with Crippen molar-refractivity contribution in [3.63, 3.8) is 0 Å². The SMILES string of the molecule is CCc1cccc(C)c1NC(=O)COC(=O)c1c(CC)noc1C. The van der Waals surface area contributed by atoms with Crippen LogP contribution in [0.3, 0.4) is 0 Å². The van der Waals surface area contributed by atoms with Gasteiger partial charge in [-0.1, -0.05) is 37.2 Å². The summed E-state index contributed by atoms with van der Waals surface area (Å²) in [4.78, 5) is 24.3. The molecule has 1 aromatic carbocycles. The van der Waals surface area contributed by atoms with Gasteiger partial charge < -0.3 is 14.6 Å². The molecule has 0 spiro atoms. The Morgan fingerprint density at radius 3 is 2.62 bits per heavy atom. The minimum atomic E-state index is -0.596. The van der Waals surface area contributed by atoms with Crippen molar-refractivity contribution in [2.24, 2.45) is 0 Å². The molecule has 0 fully saturated rings. The van der Waals surface area contributed by atoms with Gasteiger partial charge in [0.25, 0.3) is 5.91 Å². The third kappa shape index (κ3) is 3.82. The minimum Gasteiger partial charge on any atom is -0.452 e. The van der Waals surface area contributed by atoms with Crippen LogP contribution in [0.1, 0.15) is 46.8 Å². The Labute approximate surface area is 141 Å². The lowest BCUT2D eigenvalue weighted by Crippen LogP contribution is -2.22. The number of aromatic nitrogens is 1. The van der Waals surface area contributed by atoms with Gasteiger partial charge in [0.1, 0.15) is 11.3 Å². The second-order valence-electron chi connectivity index (χ2n) is 5.50. The zero-order valence-electron chi connectivity index (χ0n) is 14.4. The van der Waals surface area contributed by atoms with Gasteiger partial charge in [0.15, 0.2) is 6.61 Å². The molecule has 6 nitrogen and oxygen atoms in total. The van der Waals surface area contributed by atoms with Crippen molar-refractivity contribution in [2.45, 2.75) is 40.5 Å². The number of carbonyl (C=O) groups excluding carboxylic acids is 2. The van der Waals surface area contributed by atoms with Gasteiger partial charge in [-0.05, 0) is 37.8 Å². The number of para-hydroxylation sites is 1. The number of ether oxygens (including phenoxy) is 1. The van der Waals surface area contributed by atoms with Gasteiger partial charge in [0, 0.05) is 5.69 Å². The van der Waals surface area contributed by atoms with Crippen LogP contribution in [0.5, 0.6) is 0 Å². The third-order valence-electron chi connectivity index (χ3n) is 3.81. The molecule has 0 aliphatic heterocycles. The van der Waals surface area contributed by atoms with E-state index in [9.17, 15) is 9.59 Å². The van der Waals surface area contributed by atoms with Crippen molar-refractivity contribution < 1.29 is 18.8 Å². The van der Waals surface area contributed by atoms with E-state index < -0.39 is 5.97 Å². The molecule has 128 valence electrons. The average Bonchev–Trinajstić information content (AvgIpc) is 2.95. The molecule has 24 heavy (non-hydrogen) atoms. The van der Waals surface area contributed by atoms with Crippen molar-refractivity contribution in [1.82, 2.24) is 5.16 Å². The summed E-state index contributed by atoms with van der Waals surface area (Å²) >= 11 is 0. The van der Waals surface area contributed by atoms with Gasteiger partial charge in [-0.2, -0.15) is 0 Å². The smallest absolute Gasteiger partial charge is 0.344 e. The summed E-state index contributed by atoms with van der Waals surface area (Å²) in [6.07, 6.45) is 1.36. The number of hydrogen-bond acceptors (Lipinski definition) is 5. The fourth-order valence-corrected chi connectivity index (χ4v) is 2.50. The Bertz CT molecular complexity index is 749. The quantitative estimate of drug-likeness (QED) is 0.823. The first kappa shape index (κ1) is 17.7. The maximum absolute atomic E-state index is 12.2. The highest BCUT2D eigenvalue weighted by molar-refractivity contribution is 5.97. The molecule has 1 heterocycles. The summed E-state index contributed by atoms with van der Waals surface area (Å²) in [5.74, 6) is -0.579. The van der Waals surface area contributed by atoms with Crippen molar-refractivity contribution >= 4 is 17.6 Å². The zero-order chi connectivity index (χ0) is 17.7. The van der Waals surface area contributed by atoms with Crippen LogP contribution in [0.4, 0.5) is 5.69 Å². The molecule has 0 saturated heterocycles. The van der Waals surface area contributed by atoms with Crippen LogP contribution in [0.2, 0.25) is 0 Å². The van der Waals surface area contributed by atoms with E-state index in [4.69, 9.17) is 9.26 Å². The van der Waals surface area contributed by atoms with E-state index in [0.717, 1.165) is 23.2 Å². The largest absolute Gasteiger partial charge is 0.452 e. The highest BCUT2D eigenvalue weighted by atomic mass is 16.5. The van der Waals surface area contributed by atoms with Crippen LogP contribution in [-0.2, 0) is 22.4 Å². The Hall–Kier alpha value is -2.63. The fraction of sp³-hybridized carbons (Fsp3) is 0.389. The number of anilines is 1. The number of rotatable bonds is 6. The lowest BCUT2D eigenvalue weighted by molar-refractivity contribution is -0.119. The van der Waals surface area contributed by atoms with Crippen LogP contribution >= 0.6 is 0 Å². The molecule has 0 saturated carbocycles. The number of amides is 1. The van der Waals surface area contributed by atoms with E-state index in [0.29, 0.717) is 23.4 Å². The summed E-state index contributed by atoms with van der Waals surface area (Å²) in [5.41, 5.74) is 3.62. The number of esters is 1. The number of nitrogens with zero attached hydrogens (tertiary/aromatic N) is 1. The Morgan fingerprint density at radius 2 is 1.96 bits per heavy atom. The first-order valence-corrected chi connectivity index (χ1v) is 7.98. The van der Waals surface area contributed by atoms with Gasteiger partial charge in [-0.25, -0.2) is 4.79 Å². The van der Waals surface area contributed by atoms with Crippen molar-refractivity contribution in [1.29, 1.82) is 0 Å². The van der Waals surface area contributed by atoms with Crippen LogP contribution in [0.25, 0.3) is 0 Å². The maximum atomic E-state index is 12.2. The number of aryl methyl sites for hydroxylation is 4. The molecule has 1 aromatic heterocycles. The lowest BCUT2D eigenvalue weighted by Gasteiger charge is -2.13. The van der Waals surface area contributed by atoms with Crippen molar-refractivity contribution in [3.8, 4) is 0 Å². The topological polar surface area (TPSA) is 81.4 Å². The van der Waals surface area contributed by atoms with E-state index in [-0.39, 0.29) is 12.5 Å². The number of benzene rings is 1. The fourth-order valence-electron chi connectivity index (χ4n) is 2.50. The second kappa shape index (κ2) is 7.77. The predicted molar refractivity (Wildman–Crippen MR) is 90.1 cm³/mol. The molecule has 1 N–H and O–H groups in total. The third-order valence-corrected chi connectivity index (χ3v) is 3.81.